The second-order valence-corrected chi connectivity index (χ2v) is 6.24. The quantitative estimate of drug-likeness (QED) is 0.670. The Labute approximate surface area is 159 Å². The summed E-state index contributed by atoms with van der Waals surface area (Å²) in [6, 6.07) is 14.6. The summed E-state index contributed by atoms with van der Waals surface area (Å²) in [6.07, 6.45) is 2.23. The van der Waals surface area contributed by atoms with E-state index in [1.807, 2.05) is 19.1 Å². The van der Waals surface area contributed by atoms with Crippen molar-refractivity contribution in [1.82, 2.24) is 5.32 Å². The molecule has 0 bridgehead atoms. The molecule has 136 valence electrons. The molecule has 5 nitrogen and oxygen atoms in total. The van der Waals surface area contributed by atoms with Gasteiger partial charge < -0.3 is 10.6 Å². The van der Waals surface area contributed by atoms with E-state index in [-0.39, 0.29) is 16.9 Å². The van der Waals surface area contributed by atoms with E-state index in [9.17, 15) is 9.59 Å². The van der Waals surface area contributed by atoms with Gasteiger partial charge >= 0.3 is 0 Å². The Kier molecular flexibility index (Phi) is 7.29. The maximum absolute atomic E-state index is 12.2. The molecule has 3 N–H and O–H groups in total. The average molecular weight is 369 g/mol. The monoisotopic (exact) mass is 369 g/mol. The van der Waals surface area contributed by atoms with Crippen LogP contribution in [0.25, 0.3) is 0 Å². The number of aryl methyl sites for hydroxylation is 1. The number of thiocarbonyl (C=S) groups is 1. The Hall–Kier alpha value is -2.73. The van der Waals surface area contributed by atoms with Crippen LogP contribution in [-0.2, 0) is 11.2 Å². The second kappa shape index (κ2) is 9.68. The summed E-state index contributed by atoms with van der Waals surface area (Å²) >= 11 is 5.19. The Balaban J connectivity index is 1.88. The molecule has 0 atom stereocenters. The SMILES string of the molecule is CCCC(=O)Nc1ccc(NC(=S)NC(=O)c2ccc(CC)cc2)cc1. The lowest BCUT2D eigenvalue weighted by Crippen LogP contribution is -2.34. The summed E-state index contributed by atoms with van der Waals surface area (Å²) in [5.74, 6) is -0.265. The Morgan fingerprint density at radius 1 is 0.885 bits per heavy atom. The fraction of sp³-hybridized carbons (Fsp3) is 0.250. The minimum absolute atomic E-state index is 0.00918. The van der Waals surface area contributed by atoms with Gasteiger partial charge in [0, 0.05) is 23.4 Å². The van der Waals surface area contributed by atoms with Gasteiger partial charge in [0.2, 0.25) is 5.91 Å². The number of carbonyl (C=O) groups is 2. The maximum Gasteiger partial charge on any atom is 0.257 e. The summed E-state index contributed by atoms with van der Waals surface area (Å²) in [7, 11) is 0. The van der Waals surface area contributed by atoms with Crippen LogP contribution in [0, 0.1) is 0 Å². The molecule has 0 fully saturated rings. The first-order valence-corrected chi connectivity index (χ1v) is 9.03. The predicted molar refractivity (Wildman–Crippen MR) is 109 cm³/mol. The molecule has 6 heteroatoms. The molecule has 0 radical (unpaired) electrons. The van der Waals surface area contributed by atoms with Gasteiger partial charge in [-0.2, -0.15) is 0 Å². The van der Waals surface area contributed by atoms with Gasteiger partial charge in [-0.05, 0) is 67.0 Å². The van der Waals surface area contributed by atoms with Crippen molar-refractivity contribution < 1.29 is 9.59 Å². The first kappa shape index (κ1) is 19.6. The van der Waals surface area contributed by atoms with E-state index >= 15 is 0 Å². The van der Waals surface area contributed by atoms with Gasteiger partial charge in [0.15, 0.2) is 5.11 Å². The van der Waals surface area contributed by atoms with Crippen molar-refractivity contribution in [1.29, 1.82) is 0 Å². The van der Waals surface area contributed by atoms with Gasteiger partial charge in [-0.3, -0.25) is 14.9 Å². The van der Waals surface area contributed by atoms with Gasteiger partial charge in [0.25, 0.3) is 5.91 Å². The topological polar surface area (TPSA) is 70.2 Å². The van der Waals surface area contributed by atoms with E-state index in [1.54, 1.807) is 36.4 Å². The zero-order valence-electron chi connectivity index (χ0n) is 15.0. The third-order valence-electron chi connectivity index (χ3n) is 3.76. The van der Waals surface area contributed by atoms with E-state index in [4.69, 9.17) is 12.2 Å². The smallest absolute Gasteiger partial charge is 0.257 e. The Bertz CT molecular complexity index is 771. The number of nitrogens with one attached hydrogen (secondary N) is 3. The third-order valence-corrected chi connectivity index (χ3v) is 3.96. The van der Waals surface area contributed by atoms with Gasteiger partial charge in [0.1, 0.15) is 0 Å². The van der Waals surface area contributed by atoms with Crippen molar-refractivity contribution in [3.63, 3.8) is 0 Å². The number of amides is 2. The van der Waals surface area contributed by atoms with Crippen LogP contribution in [0.1, 0.15) is 42.6 Å². The van der Waals surface area contributed by atoms with Crippen molar-refractivity contribution >= 4 is 40.5 Å². The number of hydrogen-bond acceptors (Lipinski definition) is 3. The van der Waals surface area contributed by atoms with E-state index in [0.29, 0.717) is 12.0 Å². The van der Waals surface area contributed by atoms with Crippen LogP contribution in [0.3, 0.4) is 0 Å². The average Bonchev–Trinajstić information content (AvgIpc) is 2.63. The minimum Gasteiger partial charge on any atom is -0.332 e. The Morgan fingerprint density at radius 3 is 2.00 bits per heavy atom. The molecular weight excluding hydrogens is 346 g/mol. The van der Waals surface area contributed by atoms with Crippen molar-refractivity contribution in [3.8, 4) is 0 Å². The summed E-state index contributed by atoms with van der Waals surface area (Å²) in [5, 5.41) is 8.65. The lowest BCUT2D eigenvalue weighted by Gasteiger charge is -2.11. The van der Waals surface area contributed by atoms with Crippen LogP contribution in [0.2, 0.25) is 0 Å². The van der Waals surface area contributed by atoms with Crippen molar-refractivity contribution in [2.45, 2.75) is 33.1 Å². The minimum atomic E-state index is -0.256. The van der Waals surface area contributed by atoms with E-state index < -0.39 is 0 Å². The number of rotatable bonds is 6. The molecule has 2 rings (SSSR count). The first-order valence-electron chi connectivity index (χ1n) is 8.63. The van der Waals surface area contributed by atoms with Gasteiger partial charge in [-0.15, -0.1) is 0 Å². The fourth-order valence-corrected chi connectivity index (χ4v) is 2.53. The van der Waals surface area contributed by atoms with Gasteiger partial charge in [-0.1, -0.05) is 26.0 Å². The second-order valence-electron chi connectivity index (χ2n) is 5.83. The van der Waals surface area contributed by atoms with Crippen molar-refractivity contribution in [2.75, 3.05) is 10.6 Å². The predicted octanol–water partition coefficient (Wildman–Crippen LogP) is 4.11. The zero-order chi connectivity index (χ0) is 18.9. The van der Waals surface area contributed by atoms with Crippen molar-refractivity contribution in [2.24, 2.45) is 0 Å². The Morgan fingerprint density at radius 2 is 1.46 bits per heavy atom. The number of hydrogen-bond donors (Lipinski definition) is 3. The third kappa shape index (κ3) is 5.97. The molecule has 0 aliphatic carbocycles. The molecule has 0 aromatic heterocycles. The molecule has 2 aromatic rings. The molecule has 0 saturated heterocycles. The van der Waals surface area contributed by atoms with Crippen LogP contribution in [0.5, 0.6) is 0 Å². The van der Waals surface area contributed by atoms with Crippen LogP contribution < -0.4 is 16.0 Å². The van der Waals surface area contributed by atoms with E-state index in [1.165, 1.54) is 5.56 Å². The highest BCUT2D eigenvalue weighted by Gasteiger charge is 2.08. The lowest BCUT2D eigenvalue weighted by molar-refractivity contribution is -0.116. The normalized spacial score (nSPS) is 10.1. The number of anilines is 2. The number of benzene rings is 2. The van der Waals surface area contributed by atoms with Gasteiger partial charge in [0.05, 0.1) is 0 Å². The van der Waals surface area contributed by atoms with Crippen LogP contribution in [-0.4, -0.2) is 16.9 Å². The number of carbonyl (C=O) groups excluding carboxylic acids is 2. The molecular formula is C20H23N3O2S. The van der Waals surface area contributed by atoms with E-state index in [0.717, 1.165) is 24.2 Å². The molecule has 0 saturated carbocycles. The fourth-order valence-electron chi connectivity index (χ4n) is 2.32. The highest BCUT2D eigenvalue weighted by Crippen LogP contribution is 2.14. The van der Waals surface area contributed by atoms with Crippen LogP contribution in [0.4, 0.5) is 11.4 Å². The summed E-state index contributed by atoms with van der Waals surface area (Å²) in [5.41, 5.74) is 3.18. The highest BCUT2D eigenvalue weighted by atomic mass is 32.1. The molecule has 2 aromatic carbocycles. The highest BCUT2D eigenvalue weighted by molar-refractivity contribution is 7.80. The van der Waals surface area contributed by atoms with Crippen LogP contribution >= 0.6 is 12.2 Å². The summed E-state index contributed by atoms with van der Waals surface area (Å²) in [4.78, 5) is 23.8. The lowest BCUT2D eigenvalue weighted by atomic mass is 10.1. The molecule has 2 amide bonds. The summed E-state index contributed by atoms with van der Waals surface area (Å²) in [6.45, 7) is 4.02. The molecule has 0 aliphatic heterocycles. The standard InChI is InChI=1S/C20H23N3O2S/c1-3-5-18(24)21-16-10-12-17(13-11-16)22-20(26)23-19(25)15-8-6-14(4-2)7-9-15/h6-13H,3-5H2,1-2H3,(H,21,24)(H2,22,23,25,26). The summed E-state index contributed by atoms with van der Waals surface area (Å²) < 4.78 is 0. The van der Waals surface area contributed by atoms with Crippen molar-refractivity contribution in [3.05, 3.63) is 59.7 Å². The molecule has 0 heterocycles. The molecule has 0 aliphatic rings. The van der Waals surface area contributed by atoms with E-state index in [2.05, 4.69) is 22.9 Å². The largest absolute Gasteiger partial charge is 0.332 e. The zero-order valence-corrected chi connectivity index (χ0v) is 15.8. The molecule has 26 heavy (non-hydrogen) atoms. The van der Waals surface area contributed by atoms with Gasteiger partial charge in [-0.25, -0.2) is 0 Å². The molecule has 0 spiro atoms. The van der Waals surface area contributed by atoms with Crippen LogP contribution in [0.15, 0.2) is 48.5 Å². The maximum atomic E-state index is 12.2. The molecule has 0 unspecified atom stereocenters. The first-order chi connectivity index (χ1) is 12.5.